The van der Waals surface area contributed by atoms with Gasteiger partial charge >= 0.3 is 5.97 Å². The van der Waals surface area contributed by atoms with E-state index < -0.39 is 12.1 Å². The van der Waals surface area contributed by atoms with Crippen molar-refractivity contribution in [2.24, 2.45) is 7.05 Å². The Kier molecular flexibility index (Phi) is 3.02. The Balaban J connectivity index is 2.61. The van der Waals surface area contributed by atoms with E-state index in [-0.39, 0.29) is 0 Å². The number of hydrogen-bond donors (Lipinski definition) is 1. The first-order chi connectivity index (χ1) is 6.13. The molecule has 13 heavy (non-hydrogen) atoms. The van der Waals surface area contributed by atoms with Gasteiger partial charge in [0.15, 0.2) is 6.10 Å². The van der Waals surface area contributed by atoms with Gasteiger partial charge in [-0.1, -0.05) is 0 Å². The van der Waals surface area contributed by atoms with Crippen molar-refractivity contribution >= 4 is 5.97 Å². The van der Waals surface area contributed by atoms with Gasteiger partial charge < -0.3 is 9.84 Å². The lowest BCUT2D eigenvalue weighted by Gasteiger charge is -2.07. The number of aryl methyl sites for hydroxylation is 1. The molecule has 0 saturated heterocycles. The van der Waals surface area contributed by atoms with E-state index in [0.717, 1.165) is 5.69 Å². The summed E-state index contributed by atoms with van der Waals surface area (Å²) in [4.78, 5) is 10.6. The SMILES string of the molecule is COC(Cc1ccn(C)n1)C(=O)O. The minimum atomic E-state index is -0.965. The predicted octanol–water partition coefficient (Wildman–Crippen LogP) is 0.0622. The van der Waals surface area contributed by atoms with Gasteiger partial charge in [-0.05, 0) is 6.07 Å². The highest BCUT2D eigenvalue weighted by Gasteiger charge is 2.17. The highest BCUT2D eigenvalue weighted by atomic mass is 16.5. The zero-order chi connectivity index (χ0) is 9.84. The van der Waals surface area contributed by atoms with Crippen LogP contribution in [0.4, 0.5) is 0 Å². The third-order valence-corrected chi connectivity index (χ3v) is 1.72. The summed E-state index contributed by atoms with van der Waals surface area (Å²) >= 11 is 0. The molecule has 1 aromatic heterocycles. The molecule has 5 nitrogen and oxygen atoms in total. The molecule has 0 bridgehead atoms. The van der Waals surface area contributed by atoms with Crippen LogP contribution in [0.15, 0.2) is 12.3 Å². The minimum absolute atomic E-state index is 0.298. The molecule has 1 rings (SSSR count). The molecule has 5 heteroatoms. The number of carboxylic acids is 1. The van der Waals surface area contributed by atoms with Crippen LogP contribution in [0.25, 0.3) is 0 Å². The van der Waals surface area contributed by atoms with Crippen molar-refractivity contribution in [1.29, 1.82) is 0 Å². The first-order valence-electron chi connectivity index (χ1n) is 3.87. The van der Waals surface area contributed by atoms with Crippen LogP contribution >= 0.6 is 0 Å². The van der Waals surface area contributed by atoms with Crippen LogP contribution in [-0.2, 0) is 23.0 Å². The van der Waals surface area contributed by atoms with Gasteiger partial charge in [0.1, 0.15) is 0 Å². The van der Waals surface area contributed by atoms with Crippen molar-refractivity contribution in [3.05, 3.63) is 18.0 Å². The van der Waals surface area contributed by atoms with E-state index in [0.29, 0.717) is 6.42 Å². The number of ether oxygens (including phenoxy) is 1. The normalized spacial score (nSPS) is 12.8. The van der Waals surface area contributed by atoms with Gasteiger partial charge in [-0.3, -0.25) is 4.68 Å². The number of aliphatic carboxylic acids is 1. The molecule has 0 aliphatic heterocycles. The molecule has 1 heterocycles. The van der Waals surface area contributed by atoms with Crippen molar-refractivity contribution in [1.82, 2.24) is 9.78 Å². The Labute approximate surface area is 75.9 Å². The lowest BCUT2D eigenvalue weighted by Crippen LogP contribution is -2.25. The molecule has 0 fully saturated rings. The number of carbonyl (C=O) groups is 1. The summed E-state index contributed by atoms with van der Waals surface area (Å²) in [6.07, 6.45) is 1.26. The van der Waals surface area contributed by atoms with Gasteiger partial charge in [0.25, 0.3) is 0 Å². The summed E-state index contributed by atoms with van der Waals surface area (Å²) in [5, 5.41) is 12.7. The van der Waals surface area contributed by atoms with Crippen LogP contribution < -0.4 is 0 Å². The van der Waals surface area contributed by atoms with Crippen LogP contribution in [0.2, 0.25) is 0 Å². The Morgan fingerprint density at radius 3 is 2.92 bits per heavy atom. The van der Waals surface area contributed by atoms with Gasteiger partial charge in [-0.15, -0.1) is 0 Å². The summed E-state index contributed by atoms with van der Waals surface area (Å²) in [6.45, 7) is 0. The first kappa shape index (κ1) is 9.73. The monoisotopic (exact) mass is 184 g/mol. The second-order valence-electron chi connectivity index (χ2n) is 2.75. The van der Waals surface area contributed by atoms with E-state index in [9.17, 15) is 4.79 Å². The molecule has 0 radical (unpaired) electrons. The average molecular weight is 184 g/mol. The molecule has 72 valence electrons. The summed E-state index contributed by atoms with van der Waals surface area (Å²) in [5.74, 6) is -0.965. The quantitative estimate of drug-likeness (QED) is 0.718. The second-order valence-corrected chi connectivity index (χ2v) is 2.75. The molecule has 0 aliphatic rings. The standard InChI is InChI=1S/C8H12N2O3/c1-10-4-3-6(9-10)5-7(13-2)8(11)12/h3-4,7H,5H2,1-2H3,(H,11,12). The molecule has 1 N–H and O–H groups in total. The maximum Gasteiger partial charge on any atom is 0.333 e. The highest BCUT2D eigenvalue weighted by molar-refractivity contribution is 5.72. The summed E-state index contributed by atoms with van der Waals surface area (Å²) in [7, 11) is 3.16. The van der Waals surface area contributed by atoms with Crippen LogP contribution in [0.1, 0.15) is 5.69 Å². The van der Waals surface area contributed by atoms with Crippen LogP contribution in [0.5, 0.6) is 0 Å². The lowest BCUT2D eigenvalue weighted by atomic mass is 10.2. The number of aromatic nitrogens is 2. The molecular formula is C8H12N2O3. The summed E-state index contributed by atoms with van der Waals surface area (Å²) in [6, 6.07) is 1.77. The molecule has 0 saturated carbocycles. The van der Waals surface area contributed by atoms with Crippen molar-refractivity contribution < 1.29 is 14.6 Å². The number of carboxylic acid groups (broad SMARTS) is 1. The van der Waals surface area contributed by atoms with Crippen molar-refractivity contribution in [3.8, 4) is 0 Å². The minimum Gasteiger partial charge on any atom is -0.479 e. The fourth-order valence-corrected chi connectivity index (χ4v) is 1.03. The van der Waals surface area contributed by atoms with E-state index in [2.05, 4.69) is 5.10 Å². The number of methoxy groups -OCH3 is 1. The van der Waals surface area contributed by atoms with Crippen LogP contribution in [0, 0.1) is 0 Å². The molecule has 1 unspecified atom stereocenters. The van der Waals surface area contributed by atoms with E-state index >= 15 is 0 Å². The third-order valence-electron chi connectivity index (χ3n) is 1.72. The molecule has 0 aliphatic carbocycles. The molecule has 1 aromatic rings. The fourth-order valence-electron chi connectivity index (χ4n) is 1.03. The van der Waals surface area contributed by atoms with Gasteiger partial charge in [0.05, 0.1) is 5.69 Å². The Morgan fingerprint density at radius 2 is 2.54 bits per heavy atom. The maximum atomic E-state index is 10.6. The van der Waals surface area contributed by atoms with E-state index in [1.54, 1.807) is 24.0 Å². The number of hydrogen-bond acceptors (Lipinski definition) is 3. The largest absolute Gasteiger partial charge is 0.479 e. The Bertz CT molecular complexity index is 295. The van der Waals surface area contributed by atoms with Crippen LogP contribution in [-0.4, -0.2) is 34.1 Å². The van der Waals surface area contributed by atoms with Crippen molar-refractivity contribution in [2.45, 2.75) is 12.5 Å². The zero-order valence-corrected chi connectivity index (χ0v) is 7.60. The topological polar surface area (TPSA) is 64.4 Å². The zero-order valence-electron chi connectivity index (χ0n) is 7.60. The predicted molar refractivity (Wildman–Crippen MR) is 45.3 cm³/mol. The lowest BCUT2D eigenvalue weighted by molar-refractivity contribution is -0.148. The number of nitrogens with zero attached hydrogens (tertiary/aromatic N) is 2. The van der Waals surface area contributed by atoms with Gasteiger partial charge in [-0.2, -0.15) is 5.10 Å². The smallest absolute Gasteiger partial charge is 0.333 e. The Morgan fingerprint density at radius 1 is 1.85 bits per heavy atom. The van der Waals surface area contributed by atoms with Crippen LogP contribution in [0.3, 0.4) is 0 Å². The Hall–Kier alpha value is -1.36. The summed E-state index contributed by atoms with van der Waals surface area (Å²) < 4.78 is 6.40. The van der Waals surface area contributed by atoms with Gasteiger partial charge in [-0.25, -0.2) is 4.79 Å². The fraction of sp³-hybridized carbons (Fsp3) is 0.500. The van der Waals surface area contributed by atoms with E-state index in [4.69, 9.17) is 9.84 Å². The maximum absolute atomic E-state index is 10.6. The first-order valence-corrected chi connectivity index (χ1v) is 3.87. The summed E-state index contributed by atoms with van der Waals surface area (Å²) in [5.41, 5.74) is 0.719. The average Bonchev–Trinajstić information content (AvgIpc) is 2.46. The molecule has 1 atom stereocenters. The molecular weight excluding hydrogens is 172 g/mol. The number of rotatable bonds is 4. The third kappa shape index (κ3) is 2.55. The molecule has 0 amide bonds. The van der Waals surface area contributed by atoms with Gasteiger partial charge in [0.2, 0.25) is 0 Å². The second kappa shape index (κ2) is 4.04. The highest BCUT2D eigenvalue weighted by Crippen LogP contribution is 2.02. The van der Waals surface area contributed by atoms with E-state index in [1.165, 1.54) is 7.11 Å². The van der Waals surface area contributed by atoms with E-state index in [1.807, 2.05) is 0 Å². The van der Waals surface area contributed by atoms with Crippen molar-refractivity contribution in [3.63, 3.8) is 0 Å². The van der Waals surface area contributed by atoms with Gasteiger partial charge in [0, 0.05) is 26.8 Å². The molecule has 0 aromatic carbocycles. The van der Waals surface area contributed by atoms with Crippen molar-refractivity contribution in [2.75, 3.05) is 7.11 Å². The molecule has 0 spiro atoms.